The van der Waals surface area contributed by atoms with Crippen LogP contribution in [0.4, 0.5) is 5.69 Å². The second-order valence-corrected chi connectivity index (χ2v) is 11.4. The summed E-state index contributed by atoms with van der Waals surface area (Å²) in [5, 5.41) is 1.04. The molecule has 0 atom stereocenters. The van der Waals surface area contributed by atoms with Crippen LogP contribution >= 0.6 is 11.3 Å². The summed E-state index contributed by atoms with van der Waals surface area (Å²) in [6.45, 7) is 0. The van der Waals surface area contributed by atoms with Crippen molar-refractivity contribution in [2.75, 3.05) is 18.5 Å². The van der Waals surface area contributed by atoms with Gasteiger partial charge in [-0.25, -0.2) is 17.5 Å². The molecule has 188 valence electrons. The monoisotopic (exact) mass is 527 g/mol. The summed E-state index contributed by atoms with van der Waals surface area (Å²) in [4.78, 5) is 25.5. The Kier molecular flexibility index (Phi) is 6.48. The molecule has 4 aromatic rings. The van der Waals surface area contributed by atoms with Crippen molar-refractivity contribution < 1.29 is 27.1 Å². The first-order valence-electron chi connectivity index (χ1n) is 11.6. The van der Waals surface area contributed by atoms with E-state index in [1.54, 1.807) is 36.4 Å². The number of ether oxygens (including phenoxy) is 2. The molecule has 1 aromatic heterocycles. The van der Waals surface area contributed by atoms with Gasteiger partial charge >= 0.3 is 4.94 Å². The highest BCUT2D eigenvalue weighted by Crippen LogP contribution is 2.41. The Balaban J connectivity index is 1.81. The van der Waals surface area contributed by atoms with Crippen molar-refractivity contribution in [1.82, 2.24) is 0 Å². The van der Waals surface area contributed by atoms with Gasteiger partial charge in [0.2, 0.25) is 5.91 Å². The number of fused-ring (bicyclic) bond motifs is 3. The number of amides is 1. The number of methoxy groups -OCH3 is 2. The lowest BCUT2D eigenvalue weighted by Crippen LogP contribution is -2.41. The number of carbonyl (C=O) groups is 1. The zero-order valence-corrected chi connectivity index (χ0v) is 21.5. The third kappa shape index (κ3) is 4.14. The summed E-state index contributed by atoms with van der Waals surface area (Å²) < 4.78 is 46.1. The van der Waals surface area contributed by atoms with E-state index < -0.39 is 26.8 Å². The molecule has 0 radical (unpaired) electrons. The van der Waals surface area contributed by atoms with Gasteiger partial charge in [0.15, 0.2) is 5.58 Å². The van der Waals surface area contributed by atoms with Crippen LogP contribution in [-0.4, -0.2) is 28.5 Å². The minimum atomic E-state index is -4.46. The minimum absolute atomic E-state index is 0.0931. The highest BCUT2D eigenvalue weighted by Gasteiger charge is 2.39. The average molecular weight is 528 g/mol. The number of sulfonamides is 1. The normalized spacial score (nSPS) is 14.7. The van der Waals surface area contributed by atoms with E-state index in [0.29, 0.717) is 39.6 Å². The molecule has 0 saturated heterocycles. The molecule has 1 fully saturated rings. The van der Waals surface area contributed by atoms with Crippen molar-refractivity contribution >= 4 is 54.0 Å². The fourth-order valence-electron chi connectivity index (χ4n) is 4.81. The Morgan fingerprint density at radius 1 is 1.00 bits per heavy atom. The van der Waals surface area contributed by atoms with Gasteiger partial charge in [-0.15, -0.1) is 0 Å². The molecule has 0 aliphatic heterocycles. The molecule has 8 nitrogen and oxygen atoms in total. The van der Waals surface area contributed by atoms with Crippen molar-refractivity contribution in [2.24, 2.45) is 5.92 Å². The Bertz CT molecular complexity index is 1610. The molecule has 1 heterocycles. The van der Waals surface area contributed by atoms with Crippen LogP contribution in [0.5, 0.6) is 11.5 Å². The third-order valence-corrected chi connectivity index (χ3v) is 9.09. The Hall–Kier alpha value is -3.37. The smallest absolute Gasteiger partial charge is 0.396 e. The van der Waals surface area contributed by atoms with Crippen molar-refractivity contribution in [3.63, 3.8) is 0 Å². The quantitative estimate of drug-likeness (QED) is 0.334. The Labute approximate surface area is 212 Å². The minimum Gasteiger partial charge on any atom is -0.497 e. The highest BCUT2D eigenvalue weighted by molar-refractivity contribution is 7.93. The maximum absolute atomic E-state index is 14.3. The second-order valence-electron chi connectivity index (χ2n) is 8.68. The molecule has 10 heteroatoms. The van der Waals surface area contributed by atoms with Gasteiger partial charge in [-0.05, 0) is 31.0 Å². The molecular formula is C26H25NO7S2. The molecule has 0 N–H and O–H groups in total. The van der Waals surface area contributed by atoms with Gasteiger partial charge in [-0.3, -0.25) is 4.79 Å². The van der Waals surface area contributed by atoms with E-state index in [-0.39, 0.29) is 16.3 Å². The number of hydrogen-bond acceptors (Lipinski definition) is 8. The molecular weight excluding hydrogens is 502 g/mol. The predicted molar refractivity (Wildman–Crippen MR) is 139 cm³/mol. The maximum atomic E-state index is 14.3. The lowest BCUT2D eigenvalue weighted by Gasteiger charge is -2.30. The lowest BCUT2D eigenvalue weighted by molar-refractivity contribution is -0.122. The van der Waals surface area contributed by atoms with Crippen LogP contribution in [0.15, 0.2) is 62.6 Å². The van der Waals surface area contributed by atoms with E-state index in [9.17, 15) is 18.0 Å². The number of anilines is 1. The van der Waals surface area contributed by atoms with E-state index in [2.05, 4.69) is 0 Å². The van der Waals surface area contributed by atoms with E-state index in [1.165, 1.54) is 26.4 Å². The average Bonchev–Trinajstić information content (AvgIpc) is 3.29. The molecule has 5 rings (SSSR count). The zero-order valence-electron chi connectivity index (χ0n) is 19.9. The number of nitrogens with zero attached hydrogens (tertiary/aromatic N) is 1. The van der Waals surface area contributed by atoms with Crippen LogP contribution in [0.1, 0.15) is 32.1 Å². The zero-order chi connectivity index (χ0) is 25.4. The number of benzene rings is 3. The summed E-state index contributed by atoms with van der Waals surface area (Å²) in [6, 6.07) is 13.0. The number of carbonyl (C=O) groups excluding carboxylic acids is 1. The van der Waals surface area contributed by atoms with Crippen LogP contribution in [0.2, 0.25) is 0 Å². The van der Waals surface area contributed by atoms with Crippen LogP contribution in [0.25, 0.3) is 21.1 Å². The molecule has 0 bridgehead atoms. The largest absolute Gasteiger partial charge is 0.497 e. The van der Waals surface area contributed by atoms with E-state index in [0.717, 1.165) is 34.9 Å². The number of hydrogen-bond donors (Lipinski definition) is 0. The van der Waals surface area contributed by atoms with Gasteiger partial charge in [0.1, 0.15) is 16.4 Å². The van der Waals surface area contributed by atoms with E-state index in [1.807, 2.05) is 0 Å². The lowest BCUT2D eigenvalue weighted by atomic mass is 9.88. The van der Waals surface area contributed by atoms with Crippen molar-refractivity contribution in [2.45, 2.75) is 37.0 Å². The highest BCUT2D eigenvalue weighted by atomic mass is 32.2. The summed E-state index contributed by atoms with van der Waals surface area (Å²) in [5.74, 6) is -0.536. The molecule has 36 heavy (non-hydrogen) atoms. The maximum Gasteiger partial charge on any atom is 0.396 e. The summed E-state index contributed by atoms with van der Waals surface area (Å²) in [5.41, 5.74) is 0.543. The van der Waals surface area contributed by atoms with Gasteiger partial charge < -0.3 is 13.9 Å². The first-order chi connectivity index (χ1) is 17.3. The second kappa shape index (κ2) is 9.59. The Morgan fingerprint density at radius 2 is 1.72 bits per heavy atom. The summed E-state index contributed by atoms with van der Waals surface area (Å²) >= 11 is 0.866. The summed E-state index contributed by atoms with van der Waals surface area (Å²) in [7, 11) is -1.65. The van der Waals surface area contributed by atoms with Crippen LogP contribution in [0.3, 0.4) is 0 Å². The predicted octanol–water partition coefficient (Wildman–Crippen LogP) is 5.33. The third-order valence-electron chi connectivity index (χ3n) is 6.58. The van der Waals surface area contributed by atoms with Gasteiger partial charge in [-0.2, -0.15) is 0 Å². The van der Waals surface area contributed by atoms with Crippen LogP contribution < -0.4 is 18.7 Å². The fourth-order valence-corrected chi connectivity index (χ4v) is 7.20. The standard InChI is InChI=1S/C26H25NO7S2/c1-32-17-12-13-21(33-2)23(14-17)36(30,31)27(25(28)16-8-4-3-5-9-16)20-15-22-24(34-26(29)35-22)19-11-7-6-10-18(19)20/h6-7,10-16H,3-5,8-9H2,1-2H3. The van der Waals surface area contributed by atoms with Crippen LogP contribution in [0, 0.1) is 5.92 Å². The molecule has 1 amide bonds. The fraction of sp³-hybridized carbons (Fsp3) is 0.308. The molecule has 3 aromatic carbocycles. The van der Waals surface area contributed by atoms with Gasteiger partial charge in [0, 0.05) is 22.8 Å². The van der Waals surface area contributed by atoms with Gasteiger partial charge in [0.25, 0.3) is 10.0 Å². The van der Waals surface area contributed by atoms with Gasteiger partial charge in [0.05, 0.1) is 24.6 Å². The van der Waals surface area contributed by atoms with Crippen molar-refractivity contribution in [1.29, 1.82) is 0 Å². The first kappa shape index (κ1) is 24.3. The summed E-state index contributed by atoms with van der Waals surface area (Å²) in [6.07, 6.45) is 3.95. The first-order valence-corrected chi connectivity index (χ1v) is 13.9. The SMILES string of the molecule is COc1ccc(OC)c(S(=O)(=O)N(C(=O)C2CCCCC2)c2cc3sc(=O)oc3c3ccccc23)c1. The molecule has 0 spiro atoms. The molecule has 0 unspecified atom stereocenters. The van der Waals surface area contributed by atoms with Crippen molar-refractivity contribution in [3.8, 4) is 11.5 Å². The van der Waals surface area contributed by atoms with E-state index >= 15 is 0 Å². The Morgan fingerprint density at radius 3 is 2.42 bits per heavy atom. The van der Waals surface area contributed by atoms with Crippen LogP contribution in [-0.2, 0) is 14.8 Å². The molecule has 1 aliphatic rings. The van der Waals surface area contributed by atoms with E-state index in [4.69, 9.17) is 13.9 Å². The molecule has 1 aliphatic carbocycles. The van der Waals surface area contributed by atoms with Crippen molar-refractivity contribution in [3.05, 3.63) is 58.3 Å². The molecule has 1 saturated carbocycles. The number of rotatable bonds is 6. The van der Waals surface area contributed by atoms with Gasteiger partial charge in [-0.1, -0.05) is 54.9 Å². The topological polar surface area (TPSA) is 103 Å².